The maximum Gasteiger partial charge on any atom is 0.327 e. The number of hydrazine groups is 1. The molecule has 0 unspecified atom stereocenters. The van der Waals surface area contributed by atoms with E-state index >= 15 is 0 Å². The average Bonchev–Trinajstić information content (AvgIpc) is 2.54. The summed E-state index contributed by atoms with van der Waals surface area (Å²) < 4.78 is 9.77. The van der Waals surface area contributed by atoms with Gasteiger partial charge in [-0.3, -0.25) is 14.6 Å². The third-order valence-corrected chi connectivity index (χ3v) is 3.43. The summed E-state index contributed by atoms with van der Waals surface area (Å²) in [5.74, 6) is 4.45. The fraction of sp³-hybridized carbons (Fsp3) is 0.429. The highest BCUT2D eigenvalue weighted by Gasteiger charge is 2.20. The molecule has 1 aromatic carbocycles. The lowest BCUT2D eigenvalue weighted by molar-refractivity contribution is -0.141. The standard InChI is InChI=1S/C14H20N4O4/c1-21-13(19)9-18(16)14(20)11-3-2-10(8-12(11)15)17-4-6-22-7-5-17/h2-3,8H,4-7,9,15-16H2,1H3. The van der Waals surface area contributed by atoms with Crippen LogP contribution >= 0.6 is 0 Å². The summed E-state index contributed by atoms with van der Waals surface area (Å²) in [6.07, 6.45) is 0. The number of nitrogen functional groups attached to an aromatic ring is 1. The molecular weight excluding hydrogens is 288 g/mol. The van der Waals surface area contributed by atoms with Crippen LogP contribution in [-0.2, 0) is 14.3 Å². The molecule has 0 saturated carbocycles. The lowest BCUT2D eigenvalue weighted by atomic mass is 10.1. The molecule has 0 spiro atoms. The summed E-state index contributed by atoms with van der Waals surface area (Å²) in [6.45, 7) is 2.54. The smallest absolute Gasteiger partial charge is 0.327 e. The van der Waals surface area contributed by atoms with Crippen molar-refractivity contribution in [2.75, 3.05) is 50.6 Å². The summed E-state index contributed by atoms with van der Waals surface area (Å²) in [7, 11) is 1.23. The lowest BCUT2D eigenvalue weighted by Gasteiger charge is -2.29. The molecule has 8 nitrogen and oxygen atoms in total. The topological polar surface area (TPSA) is 111 Å². The van der Waals surface area contributed by atoms with Gasteiger partial charge in [0, 0.05) is 24.5 Å². The van der Waals surface area contributed by atoms with Crippen LogP contribution < -0.4 is 16.5 Å². The number of nitrogens with zero attached hydrogens (tertiary/aromatic N) is 2. The number of esters is 1. The third kappa shape index (κ3) is 3.66. The fourth-order valence-corrected chi connectivity index (χ4v) is 2.19. The van der Waals surface area contributed by atoms with Gasteiger partial charge in [-0.1, -0.05) is 0 Å². The lowest BCUT2D eigenvalue weighted by Crippen LogP contribution is -2.42. The van der Waals surface area contributed by atoms with E-state index in [1.54, 1.807) is 18.2 Å². The van der Waals surface area contributed by atoms with E-state index in [9.17, 15) is 9.59 Å². The van der Waals surface area contributed by atoms with Gasteiger partial charge in [-0.25, -0.2) is 5.84 Å². The van der Waals surface area contributed by atoms with Crippen LogP contribution in [0.1, 0.15) is 10.4 Å². The molecule has 1 amide bonds. The van der Waals surface area contributed by atoms with E-state index in [-0.39, 0.29) is 12.1 Å². The summed E-state index contributed by atoms with van der Waals surface area (Å²) >= 11 is 0. The Hall–Kier alpha value is -2.32. The molecule has 120 valence electrons. The second-order valence-corrected chi connectivity index (χ2v) is 4.88. The second kappa shape index (κ2) is 7.10. The largest absolute Gasteiger partial charge is 0.468 e. The Balaban J connectivity index is 2.11. The van der Waals surface area contributed by atoms with E-state index < -0.39 is 11.9 Å². The Morgan fingerprint density at radius 2 is 2.05 bits per heavy atom. The number of hydrogen-bond acceptors (Lipinski definition) is 7. The molecule has 0 radical (unpaired) electrons. The maximum absolute atomic E-state index is 12.2. The second-order valence-electron chi connectivity index (χ2n) is 4.88. The van der Waals surface area contributed by atoms with Crippen LogP contribution in [0.25, 0.3) is 0 Å². The van der Waals surface area contributed by atoms with Crippen LogP contribution in [0.4, 0.5) is 11.4 Å². The molecule has 1 aliphatic heterocycles. The number of rotatable bonds is 4. The zero-order valence-electron chi connectivity index (χ0n) is 12.4. The van der Waals surface area contributed by atoms with Gasteiger partial charge in [0.1, 0.15) is 6.54 Å². The molecule has 1 aromatic rings. The molecule has 4 N–H and O–H groups in total. The minimum absolute atomic E-state index is 0.253. The van der Waals surface area contributed by atoms with Crippen molar-refractivity contribution in [2.45, 2.75) is 0 Å². The van der Waals surface area contributed by atoms with Crippen molar-refractivity contribution in [1.29, 1.82) is 0 Å². The summed E-state index contributed by atoms with van der Waals surface area (Å²) in [5.41, 5.74) is 7.45. The van der Waals surface area contributed by atoms with Crippen molar-refractivity contribution >= 4 is 23.3 Å². The first-order chi connectivity index (χ1) is 10.5. The number of amides is 1. The Morgan fingerprint density at radius 3 is 2.64 bits per heavy atom. The van der Waals surface area contributed by atoms with Crippen molar-refractivity contribution < 1.29 is 19.1 Å². The molecule has 0 aliphatic carbocycles. The number of anilines is 2. The number of carbonyl (C=O) groups excluding carboxylic acids is 2. The van der Waals surface area contributed by atoms with Crippen molar-refractivity contribution in [2.24, 2.45) is 5.84 Å². The minimum Gasteiger partial charge on any atom is -0.468 e. The molecule has 1 fully saturated rings. The van der Waals surface area contributed by atoms with Crippen molar-refractivity contribution in [1.82, 2.24) is 5.01 Å². The van der Waals surface area contributed by atoms with Crippen LogP contribution in [0, 0.1) is 0 Å². The number of nitrogens with two attached hydrogens (primary N) is 2. The molecule has 0 atom stereocenters. The number of hydrogen-bond donors (Lipinski definition) is 2. The predicted octanol–water partition coefficient (Wildman–Crippen LogP) is -0.406. The van der Waals surface area contributed by atoms with Gasteiger partial charge >= 0.3 is 5.97 Å². The molecule has 1 heterocycles. The van der Waals surface area contributed by atoms with E-state index in [1.165, 1.54) is 7.11 Å². The molecular formula is C14H20N4O4. The van der Waals surface area contributed by atoms with Crippen LogP contribution in [0.2, 0.25) is 0 Å². The normalized spacial score (nSPS) is 14.5. The SMILES string of the molecule is COC(=O)CN(N)C(=O)c1ccc(N2CCOCC2)cc1N. The van der Waals surface area contributed by atoms with Crippen LogP contribution in [0.15, 0.2) is 18.2 Å². The highest BCUT2D eigenvalue weighted by Crippen LogP contribution is 2.23. The molecule has 8 heteroatoms. The Bertz CT molecular complexity index is 558. The van der Waals surface area contributed by atoms with E-state index in [2.05, 4.69) is 9.64 Å². The van der Waals surface area contributed by atoms with E-state index in [4.69, 9.17) is 16.3 Å². The Morgan fingerprint density at radius 1 is 1.36 bits per heavy atom. The number of carbonyl (C=O) groups is 2. The van der Waals surface area contributed by atoms with E-state index in [0.29, 0.717) is 18.9 Å². The first kappa shape index (κ1) is 16.1. The van der Waals surface area contributed by atoms with Crippen LogP contribution in [-0.4, -0.2) is 56.8 Å². The van der Waals surface area contributed by atoms with E-state index in [1.807, 2.05) is 0 Å². The van der Waals surface area contributed by atoms with Crippen molar-refractivity contribution in [3.63, 3.8) is 0 Å². The Labute approximate surface area is 128 Å². The first-order valence-corrected chi connectivity index (χ1v) is 6.88. The van der Waals surface area contributed by atoms with Gasteiger partial charge in [-0.15, -0.1) is 0 Å². The van der Waals surface area contributed by atoms with Crippen molar-refractivity contribution in [3.8, 4) is 0 Å². The molecule has 0 aromatic heterocycles. The Kier molecular flexibility index (Phi) is 5.18. The summed E-state index contributed by atoms with van der Waals surface area (Å²) in [5, 5.41) is 0.784. The number of ether oxygens (including phenoxy) is 2. The molecule has 22 heavy (non-hydrogen) atoms. The zero-order chi connectivity index (χ0) is 16.1. The zero-order valence-corrected chi connectivity index (χ0v) is 12.4. The highest BCUT2D eigenvalue weighted by atomic mass is 16.5. The predicted molar refractivity (Wildman–Crippen MR) is 81.1 cm³/mol. The van der Waals surface area contributed by atoms with Crippen molar-refractivity contribution in [3.05, 3.63) is 23.8 Å². The average molecular weight is 308 g/mol. The minimum atomic E-state index is -0.598. The van der Waals surface area contributed by atoms with Gasteiger partial charge in [0.05, 0.1) is 25.9 Å². The van der Waals surface area contributed by atoms with Gasteiger partial charge in [0.25, 0.3) is 5.91 Å². The van der Waals surface area contributed by atoms with Gasteiger partial charge in [0.2, 0.25) is 0 Å². The molecule has 1 aliphatic rings. The van der Waals surface area contributed by atoms with Gasteiger partial charge in [0.15, 0.2) is 0 Å². The molecule has 0 bridgehead atoms. The fourth-order valence-electron chi connectivity index (χ4n) is 2.19. The number of benzene rings is 1. The van der Waals surface area contributed by atoms with Crippen LogP contribution in [0.5, 0.6) is 0 Å². The van der Waals surface area contributed by atoms with Gasteiger partial charge < -0.3 is 20.1 Å². The number of morpholine rings is 1. The third-order valence-electron chi connectivity index (χ3n) is 3.43. The van der Waals surface area contributed by atoms with Gasteiger partial charge in [-0.05, 0) is 18.2 Å². The monoisotopic (exact) mass is 308 g/mol. The number of methoxy groups -OCH3 is 1. The highest BCUT2D eigenvalue weighted by molar-refractivity contribution is 6.00. The van der Waals surface area contributed by atoms with Crippen LogP contribution in [0.3, 0.4) is 0 Å². The summed E-state index contributed by atoms with van der Waals surface area (Å²) in [6, 6.07) is 5.14. The maximum atomic E-state index is 12.2. The van der Waals surface area contributed by atoms with Gasteiger partial charge in [-0.2, -0.15) is 0 Å². The molecule has 1 saturated heterocycles. The molecule has 2 rings (SSSR count). The van der Waals surface area contributed by atoms with E-state index in [0.717, 1.165) is 23.8 Å². The summed E-state index contributed by atoms with van der Waals surface area (Å²) in [4.78, 5) is 25.5. The first-order valence-electron chi connectivity index (χ1n) is 6.88. The quantitative estimate of drug-likeness (QED) is 0.256.